The van der Waals surface area contributed by atoms with Crippen molar-refractivity contribution in [3.8, 4) is 11.1 Å². The topological polar surface area (TPSA) is 114 Å². The third kappa shape index (κ3) is 3.96. The number of carboxylic acids is 1. The van der Waals surface area contributed by atoms with E-state index >= 15 is 0 Å². The number of amides is 1. The van der Waals surface area contributed by atoms with Gasteiger partial charge in [0.1, 0.15) is 5.82 Å². The summed E-state index contributed by atoms with van der Waals surface area (Å²) in [6, 6.07) is 7.71. The van der Waals surface area contributed by atoms with Gasteiger partial charge in [-0.1, -0.05) is 12.1 Å². The standard InChI is InChI=1S/C18H18FN3O2.C2H4O2/c19-14-3-1-2-13(17(14)18(20)24)11-5-15-12-4-10(7-21-8-12)9-22(15)16(23)6-11;1-2(3)4/h1-3,5-6,10,12,21H,4,7-9H2,(H2,20,24);1H3,(H,3,4)/t10-,12+;/m0./s1. The molecule has 2 aliphatic rings. The fraction of sp³-hybridized carbons (Fsp3) is 0.350. The number of nitrogens with zero attached hydrogens (tertiary/aromatic N) is 1. The number of nitrogens with two attached hydrogens (primary N) is 1. The molecule has 28 heavy (non-hydrogen) atoms. The number of halogens is 1. The molecular weight excluding hydrogens is 365 g/mol. The van der Waals surface area contributed by atoms with Gasteiger partial charge in [-0.25, -0.2) is 4.39 Å². The van der Waals surface area contributed by atoms with Gasteiger partial charge in [-0.05, 0) is 42.1 Å². The summed E-state index contributed by atoms with van der Waals surface area (Å²) in [4.78, 5) is 33.2. The Morgan fingerprint density at radius 1 is 1.29 bits per heavy atom. The van der Waals surface area contributed by atoms with Gasteiger partial charge in [0.25, 0.3) is 17.4 Å². The molecule has 0 aliphatic carbocycles. The van der Waals surface area contributed by atoms with Crippen LogP contribution in [-0.2, 0) is 11.3 Å². The molecule has 2 atom stereocenters. The first-order valence-corrected chi connectivity index (χ1v) is 9.01. The van der Waals surface area contributed by atoms with Crippen molar-refractivity contribution in [2.45, 2.75) is 25.8 Å². The van der Waals surface area contributed by atoms with Crippen molar-refractivity contribution in [1.29, 1.82) is 0 Å². The average molecular weight is 387 g/mol. The summed E-state index contributed by atoms with van der Waals surface area (Å²) in [6.45, 7) is 3.54. The van der Waals surface area contributed by atoms with Crippen LogP contribution in [0.3, 0.4) is 0 Å². The molecule has 4 rings (SSSR count). The summed E-state index contributed by atoms with van der Waals surface area (Å²) in [5.74, 6) is -1.61. The van der Waals surface area contributed by atoms with E-state index in [9.17, 15) is 14.0 Å². The van der Waals surface area contributed by atoms with Crippen molar-refractivity contribution in [2.24, 2.45) is 11.7 Å². The van der Waals surface area contributed by atoms with E-state index in [4.69, 9.17) is 15.6 Å². The molecule has 1 aromatic carbocycles. The number of nitrogens with one attached hydrogen (secondary N) is 1. The van der Waals surface area contributed by atoms with Crippen molar-refractivity contribution in [2.75, 3.05) is 13.1 Å². The summed E-state index contributed by atoms with van der Waals surface area (Å²) in [6.07, 6.45) is 1.04. The van der Waals surface area contributed by atoms with Gasteiger partial charge in [0.15, 0.2) is 0 Å². The molecule has 0 radical (unpaired) electrons. The molecule has 7 nitrogen and oxygen atoms in total. The summed E-state index contributed by atoms with van der Waals surface area (Å²) in [5, 5.41) is 10.8. The lowest BCUT2D eigenvalue weighted by atomic mass is 9.83. The number of carbonyl (C=O) groups excluding carboxylic acids is 1. The highest BCUT2D eigenvalue weighted by atomic mass is 19.1. The molecule has 0 saturated carbocycles. The fourth-order valence-corrected chi connectivity index (χ4v) is 3.97. The maximum atomic E-state index is 14.0. The Bertz CT molecular complexity index is 982. The minimum absolute atomic E-state index is 0.112. The number of hydrogen-bond donors (Lipinski definition) is 3. The maximum Gasteiger partial charge on any atom is 0.300 e. The van der Waals surface area contributed by atoms with Crippen LogP contribution >= 0.6 is 0 Å². The summed E-state index contributed by atoms with van der Waals surface area (Å²) < 4.78 is 15.8. The zero-order valence-electron chi connectivity index (χ0n) is 15.4. The molecule has 2 bridgehead atoms. The molecule has 1 aromatic heterocycles. The van der Waals surface area contributed by atoms with Gasteiger partial charge in [0.05, 0.1) is 5.56 Å². The summed E-state index contributed by atoms with van der Waals surface area (Å²) in [7, 11) is 0. The van der Waals surface area contributed by atoms with Crippen LogP contribution in [-0.4, -0.2) is 34.6 Å². The van der Waals surface area contributed by atoms with Crippen molar-refractivity contribution in [3.63, 3.8) is 0 Å². The van der Waals surface area contributed by atoms with E-state index in [2.05, 4.69) is 5.32 Å². The molecule has 1 fully saturated rings. The smallest absolute Gasteiger partial charge is 0.300 e. The molecule has 0 unspecified atom stereocenters. The Morgan fingerprint density at radius 2 is 2.00 bits per heavy atom. The highest BCUT2D eigenvalue weighted by molar-refractivity contribution is 6.00. The van der Waals surface area contributed by atoms with Crippen LogP contribution in [0.25, 0.3) is 11.1 Å². The number of pyridine rings is 1. The molecule has 1 amide bonds. The first-order chi connectivity index (χ1) is 13.3. The third-order valence-electron chi connectivity index (χ3n) is 5.03. The van der Waals surface area contributed by atoms with E-state index in [1.165, 1.54) is 18.2 Å². The lowest BCUT2D eigenvalue weighted by Gasteiger charge is -2.37. The molecular formula is C20H22FN3O4. The van der Waals surface area contributed by atoms with Crippen molar-refractivity contribution >= 4 is 11.9 Å². The SMILES string of the molecule is CC(=O)O.NC(=O)c1c(F)cccc1-c1cc2n(c(=O)c1)C[C@@H]1CNC[C@H]2C1. The first-order valence-electron chi connectivity index (χ1n) is 9.01. The Balaban J connectivity index is 0.000000516. The molecule has 2 aliphatic heterocycles. The lowest BCUT2D eigenvalue weighted by Crippen LogP contribution is -2.44. The number of carboxylic acid groups (broad SMARTS) is 1. The molecule has 8 heteroatoms. The number of rotatable bonds is 2. The van der Waals surface area contributed by atoms with Crippen molar-refractivity contribution in [3.05, 3.63) is 57.8 Å². The number of aromatic nitrogens is 1. The Labute approximate surface area is 161 Å². The zero-order chi connectivity index (χ0) is 20.4. The lowest BCUT2D eigenvalue weighted by molar-refractivity contribution is -0.134. The van der Waals surface area contributed by atoms with Crippen molar-refractivity contribution < 1.29 is 19.1 Å². The number of primary amides is 1. The number of piperidine rings is 1. The molecule has 148 valence electrons. The van der Waals surface area contributed by atoms with E-state index in [-0.39, 0.29) is 17.0 Å². The second-order valence-electron chi connectivity index (χ2n) is 7.12. The van der Waals surface area contributed by atoms with Gasteiger partial charge in [0, 0.05) is 37.7 Å². The van der Waals surface area contributed by atoms with Gasteiger partial charge in [-0.15, -0.1) is 0 Å². The van der Waals surface area contributed by atoms with Crippen molar-refractivity contribution in [1.82, 2.24) is 9.88 Å². The van der Waals surface area contributed by atoms with Crippen LogP contribution in [0.4, 0.5) is 4.39 Å². The van der Waals surface area contributed by atoms with Crippen LogP contribution < -0.4 is 16.6 Å². The summed E-state index contributed by atoms with van der Waals surface area (Å²) >= 11 is 0. The Kier molecular flexibility index (Phi) is 5.60. The predicted molar refractivity (Wildman–Crippen MR) is 102 cm³/mol. The van der Waals surface area contributed by atoms with Crippen LogP contribution in [0.5, 0.6) is 0 Å². The maximum absolute atomic E-state index is 14.0. The van der Waals surface area contributed by atoms with Gasteiger partial charge >= 0.3 is 0 Å². The van der Waals surface area contributed by atoms with E-state index in [0.717, 1.165) is 32.1 Å². The van der Waals surface area contributed by atoms with E-state index in [1.807, 2.05) is 10.6 Å². The van der Waals surface area contributed by atoms with Gasteiger partial charge in [0.2, 0.25) is 0 Å². The van der Waals surface area contributed by atoms with Crippen LogP contribution in [0.2, 0.25) is 0 Å². The van der Waals surface area contributed by atoms with E-state index in [0.29, 0.717) is 23.6 Å². The third-order valence-corrected chi connectivity index (χ3v) is 5.03. The second-order valence-corrected chi connectivity index (χ2v) is 7.12. The Morgan fingerprint density at radius 3 is 2.68 bits per heavy atom. The highest BCUT2D eigenvalue weighted by Crippen LogP contribution is 2.34. The van der Waals surface area contributed by atoms with Gasteiger partial charge in [-0.3, -0.25) is 14.4 Å². The number of aliphatic carboxylic acids is 1. The minimum Gasteiger partial charge on any atom is -0.481 e. The van der Waals surface area contributed by atoms with E-state index < -0.39 is 17.7 Å². The normalized spacial score (nSPS) is 19.8. The number of hydrogen-bond acceptors (Lipinski definition) is 4. The number of carbonyl (C=O) groups is 2. The van der Waals surface area contributed by atoms with Gasteiger partial charge < -0.3 is 20.7 Å². The monoisotopic (exact) mass is 387 g/mol. The van der Waals surface area contributed by atoms with E-state index in [1.54, 1.807) is 6.07 Å². The largest absolute Gasteiger partial charge is 0.481 e. The predicted octanol–water partition coefficient (Wildman–Crippen LogP) is 1.55. The van der Waals surface area contributed by atoms with Crippen LogP contribution in [0.1, 0.15) is 35.3 Å². The average Bonchev–Trinajstić information content (AvgIpc) is 2.62. The molecule has 2 aromatic rings. The zero-order valence-corrected chi connectivity index (χ0v) is 15.4. The molecule has 1 saturated heterocycles. The van der Waals surface area contributed by atoms with Crippen LogP contribution in [0.15, 0.2) is 35.1 Å². The number of benzene rings is 1. The highest BCUT2D eigenvalue weighted by Gasteiger charge is 2.31. The first kappa shape index (κ1) is 19.8. The molecule has 3 heterocycles. The quantitative estimate of drug-likeness (QED) is 0.723. The second kappa shape index (κ2) is 7.93. The molecule has 0 spiro atoms. The summed E-state index contributed by atoms with van der Waals surface area (Å²) in [5.41, 5.74) is 6.92. The van der Waals surface area contributed by atoms with Gasteiger partial charge in [-0.2, -0.15) is 0 Å². The van der Waals surface area contributed by atoms with Crippen LogP contribution in [0, 0.1) is 11.7 Å². The number of fused-ring (bicyclic) bond motifs is 4. The minimum atomic E-state index is -0.833. The molecule has 4 N–H and O–H groups in total. The fourth-order valence-electron chi connectivity index (χ4n) is 3.97. The Hall–Kier alpha value is -3.00.